The highest BCUT2D eigenvalue weighted by atomic mass is 16.3. The maximum absolute atomic E-state index is 13.0. The van der Waals surface area contributed by atoms with E-state index in [0.717, 1.165) is 37.0 Å². The van der Waals surface area contributed by atoms with E-state index in [4.69, 9.17) is 9.40 Å². The van der Waals surface area contributed by atoms with Crippen LogP contribution >= 0.6 is 0 Å². The van der Waals surface area contributed by atoms with Crippen LogP contribution in [0, 0.1) is 0 Å². The molecule has 4 rings (SSSR count). The monoisotopic (exact) mass is 394 g/mol. The largest absolute Gasteiger partial charge is 0.459 e. The average molecular weight is 394 g/mol. The topological polar surface area (TPSA) is 80.4 Å². The molecule has 1 aliphatic rings. The number of benzene rings is 1. The summed E-state index contributed by atoms with van der Waals surface area (Å²) in [5.74, 6) is 0.704. The first kappa shape index (κ1) is 19.2. The normalized spacial score (nSPS) is 15.8. The van der Waals surface area contributed by atoms with Gasteiger partial charge in [0.2, 0.25) is 5.91 Å². The van der Waals surface area contributed by atoms with Gasteiger partial charge in [-0.05, 0) is 44.0 Å². The van der Waals surface area contributed by atoms with Gasteiger partial charge in [0.25, 0.3) is 5.91 Å². The molecule has 1 fully saturated rings. The number of fused-ring (bicyclic) bond motifs is 1. The van der Waals surface area contributed by atoms with E-state index in [0.29, 0.717) is 5.82 Å². The maximum atomic E-state index is 13.0. The number of nitrogens with one attached hydrogen (secondary N) is 1. The number of rotatable bonds is 5. The number of carbonyl (C=O) groups is 2. The third-order valence-electron chi connectivity index (χ3n) is 5.42. The number of furan rings is 1. The summed E-state index contributed by atoms with van der Waals surface area (Å²) in [5, 5.41) is 2.92. The molecule has 2 aromatic heterocycles. The maximum Gasteiger partial charge on any atom is 0.287 e. The summed E-state index contributed by atoms with van der Waals surface area (Å²) in [6.07, 6.45) is 5.93. The highest BCUT2D eigenvalue weighted by molar-refractivity contribution is 5.91. The van der Waals surface area contributed by atoms with E-state index >= 15 is 0 Å². The summed E-state index contributed by atoms with van der Waals surface area (Å²) in [4.78, 5) is 32.1. The van der Waals surface area contributed by atoms with Gasteiger partial charge in [-0.3, -0.25) is 9.59 Å². The molecule has 29 heavy (non-hydrogen) atoms. The van der Waals surface area contributed by atoms with Gasteiger partial charge in [0.05, 0.1) is 23.3 Å². The predicted octanol–water partition coefficient (Wildman–Crippen LogP) is 3.52. The Morgan fingerprint density at radius 1 is 1.10 bits per heavy atom. The van der Waals surface area contributed by atoms with Crippen LogP contribution in [0.25, 0.3) is 11.0 Å². The molecule has 1 atom stereocenters. The van der Waals surface area contributed by atoms with Gasteiger partial charge in [-0.1, -0.05) is 25.0 Å². The van der Waals surface area contributed by atoms with Crippen molar-refractivity contribution in [2.24, 2.45) is 0 Å². The molecule has 2 amide bonds. The summed E-state index contributed by atoms with van der Waals surface area (Å²) in [7, 11) is 0. The molecule has 0 radical (unpaired) electrons. The van der Waals surface area contributed by atoms with Crippen LogP contribution in [0.15, 0.2) is 47.1 Å². The minimum absolute atomic E-state index is 0.0980. The van der Waals surface area contributed by atoms with Gasteiger partial charge in [-0.2, -0.15) is 0 Å². The first-order valence-corrected chi connectivity index (χ1v) is 10.2. The van der Waals surface area contributed by atoms with Crippen molar-refractivity contribution < 1.29 is 14.0 Å². The lowest BCUT2D eigenvalue weighted by molar-refractivity contribution is -0.131. The second kappa shape index (κ2) is 8.51. The number of amides is 2. The van der Waals surface area contributed by atoms with Crippen molar-refractivity contribution in [3.05, 3.63) is 54.2 Å². The fraction of sp³-hybridized carbons (Fsp3) is 0.409. The van der Waals surface area contributed by atoms with Gasteiger partial charge in [0, 0.05) is 13.1 Å². The van der Waals surface area contributed by atoms with Crippen LogP contribution in [-0.4, -0.2) is 39.4 Å². The number of carbonyl (C=O) groups excluding carboxylic acids is 2. The number of hydrogen-bond acceptors (Lipinski definition) is 4. The molecule has 1 N–H and O–H groups in total. The lowest BCUT2D eigenvalue weighted by atomic mass is 10.2. The van der Waals surface area contributed by atoms with E-state index in [2.05, 4.69) is 5.32 Å². The Balaban J connectivity index is 1.60. The Bertz CT molecular complexity index is 985. The molecule has 7 nitrogen and oxygen atoms in total. The van der Waals surface area contributed by atoms with Crippen LogP contribution in [-0.2, 0) is 11.3 Å². The molecule has 3 heterocycles. The van der Waals surface area contributed by atoms with E-state index in [1.807, 2.05) is 40.7 Å². The molecule has 7 heteroatoms. The summed E-state index contributed by atoms with van der Waals surface area (Å²) < 4.78 is 7.10. The van der Waals surface area contributed by atoms with E-state index in [1.54, 1.807) is 12.1 Å². The second-order valence-electron chi connectivity index (χ2n) is 7.51. The summed E-state index contributed by atoms with van der Waals surface area (Å²) in [6, 6.07) is 10.7. The van der Waals surface area contributed by atoms with E-state index in [9.17, 15) is 9.59 Å². The molecule has 0 unspecified atom stereocenters. The van der Waals surface area contributed by atoms with Crippen molar-refractivity contribution in [1.82, 2.24) is 19.8 Å². The van der Waals surface area contributed by atoms with Gasteiger partial charge in [-0.25, -0.2) is 4.98 Å². The third-order valence-corrected chi connectivity index (χ3v) is 5.42. The summed E-state index contributed by atoms with van der Waals surface area (Å²) >= 11 is 0. The Morgan fingerprint density at radius 3 is 2.59 bits per heavy atom. The van der Waals surface area contributed by atoms with Crippen LogP contribution in [0.1, 0.15) is 55.0 Å². The zero-order valence-electron chi connectivity index (χ0n) is 16.6. The molecule has 0 saturated carbocycles. The molecule has 0 bridgehead atoms. The number of likely N-dealkylation sites (tertiary alicyclic amines) is 1. The smallest absolute Gasteiger partial charge is 0.287 e. The zero-order valence-corrected chi connectivity index (χ0v) is 16.6. The first-order valence-electron chi connectivity index (χ1n) is 10.2. The molecule has 1 aliphatic heterocycles. The fourth-order valence-corrected chi connectivity index (χ4v) is 3.89. The lowest BCUT2D eigenvalue weighted by Crippen LogP contribution is -2.36. The van der Waals surface area contributed by atoms with Gasteiger partial charge >= 0.3 is 0 Å². The molecule has 3 aromatic rings. The van der Waals surface area contributed by atoms with Crippen molar-refractivity contribution in [2.45, 2.75) is 45.2 Å². The molecule has 0 spiro atoms. The summed E-state index contributed by atoms with van der Waals surface area (Å²) in [6.45, 7) is 3.71. The SMILES string of the molecule is C[C@@H](NC(=O)c1ccco1)c1nc2ccccc2n1CC(=O)N1CCCCCC1. The quantitative estimate of drug-likeness (QED) is 0.718. The Kier molecular flexibility index (Phi) is 5.64. The Labute approximate surface area is 169 Å². The molecular formula is C22H26N4O3. The van der Waals surface area contributed by atoms with Crippen LogP contribution in [0.5, 0.6) is 0 Å². The Hall–Kier alpha value is -3.09. The molecule has 0 aliphatic carbocycles. The highest BCUT2D eigenvalue weighted by Crippen LogP contribution is 2.22. The predicted molar refractivity (Wildman–Crippen MR) is 109 cm³/mol. The standard InChI is InChI=1S/C22H26N4O3/c1-16(23-22(28)19-11-8-14-29-19)21-24-17-9-4-5-10-18(17)26(21)15-20(27)25-12-6-2-3-7-13-25/h4-5,8-11,14,16H,2-3,6-7,12-13,15H2,1H3,(H,23,28)/t16-/m1/s1. The third kappa shape index (κ3) is 4.18. The van der Waals surface area contributed by atoms with E-state index in [1.165, 1.54) is 19.1 Å². The van der Waals surface area contributed by atoms with Crippen LogP contribution in [0.3, 0.4) is 0 Å². The summed E-state index contributed by atoms with van der Waals surface area (Å²) in [5.41, 5.74) is 1.70. The number of para-hydroxylation sites is 2. The van der Waals surface area contributed by atoms with E-state index < -0.39 is 0 Å². The number of hydrogen-bond donors (Lipinski definition) is 1. The average Bonchev–Trinajstić information content (AvgIpc) is 3.29. The zero-order chi connectivity index (χ0) is 20.2. The van der Waals surface area contributed by atoms with Crippen LogP contribution in [0.2, 0.25) is 0 Å². The van der Waals surface area contributed by atoms with Gasteiger partial charge in [-0.15, -0.1) is 0 Å². The Morgan fingerprint density at radius 2 is 1.86 bits per heavy atom. The second-order valence-corrected chi connectivity index (χ2v) is 7.51. The first-order chi connectivity index (χ1) is 14.1. The minimum atomic E-state index is -0.378. The molecule has 152 valence electrons. The van der Waals surface area contributed by atoms with Crippen LogP contribution in [0.4, 0.5) is 0 Å². The lowest BCUT2D eigenvalue weighted by Gasteiger charge is -2.22. The van der Waals surface area contributed by atoms with Gasteiger partial charge in [0.15, 0.2) is 5.76 Å². The number of aromatic nitrogens is 2. The van der Waals surface area contributed by atoms with Crippen molar-refractivity contribution in [1.29, 1.82) is 0 Å². The van der Waals surface area contributed by atoms with Crippen molar-refractivity contribution in [3.8, 4) is 0 Å². The number of imidazole rings is 1. The van der Waals surface area contributed by atoms with Crippen molar-refractivity contribution >= 4 is 22.8 Å². The molecular weight excluding hydrogens is 368 g/mol. The van der Waals surface area contributed by atoms with Crippen LogP contribution < -0.4 is 5.32 Å². The highest BCUT2D eigenvalue weighted by Gasteiger charge is 2.23. The molecule has 1 aromatic carbocycles. The fourth-order valence-electron chi connectivity index (χ4n) is 3.89. The molecule has 1 saturated heterocycles. The minimum Gasteiger partial charge on any atom is -0.459 e. The number of nitrogens with zero attached hydrogens (tertiary/aromatic N) is 3. The van der Waals surface area contributed by atoms with Gasteiger partial charge in [0.1, 0.15) is 12.4 Å². The van der Waals surface area contributed by atoms with Gasteiger partial charge < -0.3 is 19.2 Å². The van der Waals surface area contributed by atoms with E-state index in [-0.39, 0.29) is 30.2 Å². The van der Waals surface area contributed by atoms with Crippen molar-refractivity contribution in [2.75, 3.05) is 13.1 Å². The van der Waals surface area contributed by atoms with Crippen molar-refractivity contribution in [3.63, 3.8) is 0 Å².